The van der Waals surface area contributed by atoms with Crippen LogP contribution in [0.15, 0.2) is 35.7 Å². The summed E-state index contributed by atoms with van der Waals surface area (Å²) in [4.78, 5) is 26.6. The average Bonchev–Trinajstić information content (AvgIpc) is 3.28. The highest BCUT2D eigenvalue weighted by Crippen LogP contribution is 2.27. The number of ether oxygens (including phenoxy) is 2. The van der Waals surface area contributed by atoms with Crippen LogP contribution in [0.5, 0.6) is 5.75 Å². The molecule has 3 aromatic rings. The SMILES string of the molecule is COC(=O)c1csc(-n2nc(-c3ccc(OC)cc3)cc2NC=O)n1. The van der Waals surface area contributed by atoms with Crippen LogP contribution < -0.4 is 10.1 Å². The molecule has 0 aliphatic carbocycles. The molecule has 0 saturated carbocycles. The molecule has 0 aliphatic heterocycles. The van der Waals surface area contributed by atoms with Gasteiger partial charge < -0.3 is 14.8 Å². The molecular formula is C16H14N4O4S. The van der Waals surface area contributed by atoms with E-state index in [9.17, 15) is 9.59 Å². The number of carbonyl (C=O) groups excluding carboxylic acids is 2. The van der Waals surface area contributed by atoms with Crippen LogP contribution in [-0.2, 0) is 9.53 Å². The maximum Gasteiger partial charge on any atom is 0.357 e. The average molecular weight is 358 g/mol. The minimum Gasteiger partial charge on any atom is -0.497 e. The lowest BCUT2D eigenvalue weighted by Crippen LogP contribution is -2.06. The summed E-state index contributed by atoms with van der Waals surface area (Å²) in [6.07, 6.45) is 0.556. The number of amides is 1. The zero-order valence-corrected chi connectivity index (χ0v) is 14.2. The highest BCUT2D eigenvalue weighted by molar-refractivity contribution is 7.12. The molecule has 2 heterocycles. The topological polar surface area (TPSA) is 95.3 Å². The Morgan fingerprint density at radius 1 is 1.28 bits per heavy atom. The summed E-state index contributed by atoms with van der Waals surface area (Å²) in [5.74, 6) is 0.638. The number of aromatic nitrogens is 3. The Kier molecular flexibility index (Phi) is 4.75. The summed E-state index contributed by atoms with van der Waals surface area (Å²) in [7, 11) is 2.88. The standard InChI is InChI=1S/C16H14N4O4S/c1-23-11-5-3-10(4-6-11)12-7-14(17-9-21)20(19-12)16-18-13(8-25-16)15(22)24-2/h3-9H,1-2H3,(H,17,21). The molecule has 0 atom stereocenters. The first-order chi connectivity index (χ1) is 12.2. The zero-order valence-electron chi connectivity index (χ0n) is 13.4. The third kappa shape index (κ3) is 3.36. The summed E-state index contributed by atoms with van der Waals surface area (Å²) in [5, 5.41) is 9.06. The van der Waals surface area contributed by atoms with E-state index >= 15 is 0 Å². The number of anilines is 1. The molecule has 8 nitrogen and oxygen atoms in total. The van der Waals surface area contributed by atoms with Gasteiger partial charge in [-0.15, -0.1) is 11.3 Å². The van der Waals surface area contributed by atoms with Crippen LogP contribution in [0.1, 0.15) is 10.5 Å². The molecule has 25 heavy (non-hydrogen) atoms. The third-order valence-corrected chi connectivity index (χ3v) is 4.19. The van der Waals surface area contributed by atoms with E-state index in [-0.39, 0.29) is 5.69 Å². The van der Waals surface area contributed by atoms with Crippen molar-refractivity contribution in [3.63, 3.8) is 0 Å². The normalized spacial score (nSPS) is 10.3. The van der Waals surface area contributed by atoms with E-state index in [1.54, 1.807) is 18.6 Å². The number of hydrogen-bond donors (Lipinski definition) is 1. The molecule has 0 bridgehead atoms. The van der Waals surface area contributed by atoms with Gasteiger partial charge in [0, 0.05) is 17.0 Å². The Balaban J connectivity index is 2.00. The summed E-state index contributed by atoms with van der Waals surface area (Å²) >= 11 is 1.21. The predicted molar refractivity (Wildman–Crippen MR) is 92.3 cm³/mol. The lowest BCUT2D eigenvalue weighted by Gasteiger charge is -2.01. The molecule has 0 unspecified atom stereocenters. The van der Waals surface area contributed by atoms with Gasteiger partial charge in [0.25, 0.3) is 0 Å². The van der Waals surface area contributed by atoms with Gasteiger partial charge >= 0.3 is 5.97 Å². The van der Waals surface area contributed by atoms with Gasteiger partial charge in [0.1, 0.15) is 11.6 Å². The molecule has 1 aromatic carbocycles. The third-order valence-electron chi connectivity index (χ3n) is 3.37. The fourth-order valence-corrected chi connectivity index (χ4v) is 2.91. The number of thiazole rings is 1. The second-order valence-electron chi connectivity index (χ2n) is 4.82. The van der Waals surface area contributed by atoms with Crippen LogP contribution in [0.4, 0.5) is 5.82 Å². The molecule has 0 radical (unpaired) electrons. The zero-order chi connectivity index (χ0) is 17.8. The first kappa shape index (κ1) is 16.7. The minimum atomic E-state index is -0.532. The van der Waals surface area contributed by atoms with Gasteiger partial charge in [-0.3, -0.25) is 4.79 Å². The maximum atomic E-state index is 11.6. The van der Waals surface area contributed by atoms with Crippen molar-refractivity contribution in [2.45, 2.75) is 0 Å². The van der Waals surface area contributed by atoms with Crippen molar-refractivity contribution < 1.29 is 19.1 Å². The van der Waals surface area contributed by atoms with Crippen molar-refractivity contribution in [1.82, 2.24) is 14.8 Å². The Morgan fingerprint density at radius 2 is 2.04 bits per heavy atom. The Morgan fingerprint density at radius 3 is 2.68 bits per heavy atom. The molecule has 1 amide bonds. The van der Waals surface area contributed by atoms with Gasteiger partial charge in [0.05, 0.1) is 19.9 Å². The highest BCUT2D eigenvalue weighted by atomic mass is 32.1. The van der Waals surface area contributed by atoms with Gasteiger partial charge in [-0.05, 0) is 24.3 Å². The van der Waals surface area contributed by atoms with E-state index in [0.717, 1.165) is 11.3 Å². The van der Waals surface area contributed by atoms with Crippen LogP contribution in [0.25, 0.3) is 16.4 Å². The van der Waals surface area contributed by atoms with E-state index in [1.165, 1.54) is 23.1 Å². The van der Waals surface area contributed by atoms with Crippen molar-refractivity contribution in [3.8, 4) is 22.1 Å². The summed E-state index contributed by atoms with van der Waals surface area (Å²) in [6.45, 7) is 0. The second-order valence-corrected chi connectivity index (χ2v) is 5.66. The number of nitrogens with one attached hydrogen (secondary N) is 1. The number of nitrogens with zero attached hydrogens (tertiary/aromatic N) is 3. The number of carbonyl (C=O) groups is 2. The first-order valence-electron chi connectivity index (χ1n) is 7.15. The highest BCUT2D eigenvalue weighted by Gasteiger charge is 2.16. The van der Waals surface area contributed by atoms with Crippen molar-refractivity contribution in [3.05, 3.63) is 41.4 Å². The monoisotopic (exact) mass is 358 g/mol. The van der Waals surface area contributed by atoms with Crippen molar-refractivity contribution >= 4 is 29.5 Å². The predicted octanol–water partition coefficient (Wildman–Crippen LogP) is 2.36. The number of esters is 1. The summed E-state index contributed by atoms with van der Waals surface area (Å²) in [5.41, 5.74) is 1.67. The lowest BCUT2D eigenvalue weighted by molar-refractivity contribution is -0.105. The van der Waals surface area contributed by atoms with Crippen LogP contribution in [0.3, 0.4) is 0 Å². The molecule has 3 rings (SSSR count). The molecule has 2 aromatic heterocycles. The van der Waals surface area contributed by atoms with Crippen molar-refractivity contribution in [2.24, 2.45) is 0 Å². The van der Waals surface area contributed by atoms with E-state index < -0.39 is 5.97 Å². The number of hydrogen-bond acceptors (Lipinski definition) is 7. The molecule has 0 fully saturated rings. The summed E-state index contributed by atoms with van der Waals surface area (Å²) in [6, 6.07) is 9.07. The minimum absolute atomic E-state index is 0.182. The van der Waals surface area contributed by atoms with E-state index in [0.29, 0.717) is 23.1 Å². The van der Waals surface area contributed by atoms with Crippen LogP contribution >= 0.6 is 11.3 Å². The van der Waals surface area contributed by atoms with Crippen molar-refractivity contribution in [2.75, 3.05) is 19.5 Å². The van der Waals surface area contributed by atoms with E-state index in [4.69, 9.17) is 4.74 Å². The lowest BCUT2D eigenvalue weighted by atomic mass is 10.1. The quantitative estimate of drug-likeness (QED) is 0.537. The second kappa shape index (κ2) is 7.14. The molecular weight excluding hydrogens is 344 g/mol. The fraction of sp³-hybridized carbons (Fsp3) is 0.125. The van der Waals surface area contributed by atoms with Crippen molar-refractivity contribution in [1.29, 1.82) is 0 Å². The maximum absolute atomic E-state index is 11.6. The molecule has 128 valence electrons. The number of methoxy groups -OCH3 is 2. The Bertz CT molecular complexity index is 901. The van der Waals surface area contributed by atoms with Gasteiger partial charge in [-0.25, -0.2) is 9.78 Å². The summed E-state index contributed by atoms with van der Waals surface area (Å²) < 4.78 is 11.3. The van der Waals surface area contributed by atoms with Gasteiger partial charge in [-0.1, -0.05) is 0 Å². The molecule has 0 spiro atoms. The smallest absolute Gasteiger partial charge is 0.357 e. The largest absolute Gasteiger partial charge is 0.497 e. The Hall–Kier alpha value is -3.20. The molecule has 9 heteroatoms. The molecule has 0 aliphatic rings. The van der Waals surface area contributed by atoms with Crippen LogP contribution in [-0.4, -0.2) is 41.4 Å². The number of benzene rings is 1. The van der Waals surface area contributed by atoms with Crippen LogP contribution in [0.2, 0.25) is 0 Å². The number of rotatable bonds is 6. The van der Waals surface area contributed by atoms with Gasteiger partial charge in [0.2, 0.25) is 11.5 Å². The van der Waals surface area contributed by atoms with Gasteiger partial charge in [-0.2, -0.15) is 9.78 Å². The fourth-order valence-electron chi connectivity index (χ4n) is 2.15. The Labute approximate surface area is 147 Å². The van der Waals surface area contributed by atoms with E-state index in [2.05, 4.69) is 20.1 Å². The first-order valence-corrected chi connectivity index (χ1v) is 8.03. The van der Waals surface area contributed by atoms with Crippen LogP contribution in [0, 0.1) is 0 Å². The molecule has 0 saturated heterocycles. The molecule has 1 N–H and O–H groups in total. The van der Waals surface area contributed by atoms with E-state index in [1.807, 2.05) is 24.3 Å². The van der Waals surface area contributed by atoms with Gasteiger partial charge in [0.15, 0.2) is 5.69 Å².